The highest BCUT2D eigenvalue weighted by atomic mass is 35.5. The molecule has 2 heterocycles. The van der Waals surface area contributed by atoms with Crippen molar-refractivity contribution in [3.05, 3.63) is 75.3 Å². The first-order valence-electron chi connectivity index (χ1n) is 6.50. The predicted octanol–water partition coefficient (Wildman–Crippen LogP) is 3.24. The summed E-state index contributed by atoms with van der Waals surface area (Å²) in [5, 5.41) is 0.533. The van der Waals surface area contributed by atoms with E-state index in [0.29, 0.717) is 22.1 Å². The number of para-hydroxylation sites is 1. The van der Waals surface area contributed by atoms with Gasteiger partial charge in [-0.25, -0.2) is 4.98 Å². The van der Waals surface area contributed by atoms with E-state index in [9.17, 15) is 4.79 Å². The fraction of sp³-hybridized carbons (Fsp3) is 0.125. The molecule has 0 saturated carbocycles. The molecule has 0 unspecified atom stereocenters. The Morgan fingerprint density at radius 2 is 2.05 bits per heavy atom. The number of hydrogen-bond acceptors (Lipinski definition) is 3. The molecule has 5 heteroatoms. The highest BCUT2D eigenvalue weighted by molar-refractivity contribution is 6.32. The highest BCUT2D eigenvalue weighted by Crippen LogP contribution is 2.23. The molecule has 3 aromatic rings. The summed E-state index contributed by atoms with van der Waals surface area (Å²) in [5.74, 6) is 0.574. The van der Waals surface area contributed by atoms with Gasteiger partial charge in [-0.1, -0.05) is 23.7 Å². The Morgan fingerprint density at radius 1 is 1.24 bits per heavy atom. The van der Waals surface area contributed by atoms with Crippen molar-refractivity contribution in [2.45, 2.75) is 13.5 Å². The lowest BCUT2D eigenvalue weighted by molar-refractivity contribution is 0.301. The summed E-state index contributed by atoms with van der Waals surface area (Å²) >= 11 is 6.03. The molecule has 3 rings (SSSR count). The number of rotatable bonds is 3. The Hall–Kier alpha value is -2.33. The minimum atomic E-state index is -0.127. The number of halogens is 1. The second kappa shape index (κ2) is 5.58. The molecule has 0 aliphatic heterocycles. The van der Waals surface area contributed by atoms with Gasteiger partial charge < -0.3 is 4.74 Å². The zero-order valence-electron chi connectivity index (χ0n) is 11.4. The number of benzene rings is 1. The van der Waals surface area contributed by atoms with E-state index < -0.39 is 0 Å². The minimum absolute atomic E-state index is 0.127. The fourth-order valence-electron chi connectivity index (χ4n) is 2.04. The average molecular weight is 301 g/mol. The van der Waals surface area contributed by atoms with Gasteiger partial charge in [-0.3, -0.25) is 9.20 Å². The minimum Gasteiger partial charge on any atom is -0.486 e. The van der Waals surface area contributed by atoms with Gasteiger partial charge >= 0.3 is 0 Å². The third-order valence-corrected chi connectivity index (χ3v) is 3.40. The van der Waals surface area contributed by atoms with Crippen molar-refractivity contribution in [2.24, 2.45) is 0 Å². The Morgan fingerprint density at radius 3 is 2.86 bits per heavy atom. The van der Waals surface area contributed by atoms with E-state index in [1.165, 1.54) is 10.5 Å². The van der Waals surface area contributed by atoms with Crippen LogP contribution in [0.2, 0.25) is 5.02 Å². The van der Waals surface area contributed by atoms with E-state index in [2.05, 4.69) is 4.98 Å². The molecular weight excluding hydrogens is 288 g/mol. The van der Waals surface area contributed by atoms with Gasteiger partial charge in [0.1, 0.15) is 18.0 Å². The van der Waals surface area contributed by atoms with Gasteiger partial charge in [0.15, 0.2) is 0 Å². The van der Waals surface area contributed by atoms with Crippen LogP contribution in [-0.2, 0) is 6.61 Å². The number of nitrogens with zero attached hydrogens (tertiary/aromatic N) is 2. The maximum absolute atomic E-state index is 12.0. The lowest BCUT2D eigenvalue weighted by Gasteiger charge is -2.08. The molecule has 0 N–H and O–H groups in total. The Labute approximate surface area is 126 Å². The third-order valence-electron chi connectivity index (χ3n) is 3.09. The third kappa shape index (κ3) is 2.90. The summed E-state index contributed by atoms with van der Waals surface area (Å²) in [6.07, 6.45) is 1.72. The summed E-state index contributed by atoms with van der Waals surface area (Å²) < 4.78 is 7.12. The SMILES string of the molecule is Cc1ccn2c(=O)cc(COc3ccccc3Cl)nc2c1. The zero-order valence-corrected chi connectivity index (χ0v) is 12.2. The van der Waals surface area contributed by atoms with Crippen molar-refractivity contribution in [2.75, 3.05) is 0 Å². The van der Waals surface area contributed by atoms with Crippen LogP contribution >= 0.6 is 11.6 Å². The van der Waals surface area contributed by atoms with E-state index in [-0.39, 0.29) is 12.2 Å². The maximum atomic E-state index is 12.0. The first-order valence-corrected chi connectivity index (χ1v) is 6.87. The van der Waals surface area contributed by atoms with Crippen LogP contribution in [0.25, 0.3) is 5.65 Å². The van der Waals surface area contributed by atoms with Crippen LogP contribution in [0.3, 0.4) is 0 Å². The van der Waals surface area contributed by atoms with Gasteiger partial charge in [0.05, 0.1) is 10.7 Å². The Bertz CT molecular complexity index is 858. The van der Waals surface area contributed by atoms with Crippen LogP contribution in [0.4, 0.5) is 0 Å². The van der Waals surface area contributed by atoms with Gasteiger partial charge in [0.2, 0.25) is 0 Å². The molecule has 0 bridgehead atoms. The Balaban J connectivity index is 1.91. The zero-order chi connectivity index (χ0) is 14.8. The van der Waals surface area contributed by atoms with Crippen LogP contribution in [0.15, 0.2) is 53.5 Å². The first-order chi connectivity index (χ1) is 10.1. The topological polar surface area (TPSA) is 43.6 Å². The molecule has 0 saturated heterocycles. The predicted molar refractivity (Wildman–Crippen MR) is 82.0 cm³/mol. The van der Waals surface area contributed by atoms with Crippen molar-refractivity contribution in [3.8, 4) is 5.75 Å². The van der Waals surface area contributed by atoms with Crippen LogP contribution in [0.5, 0.6) is 5.75 Å². The van der Waals surface area contributed by atoms with E-state index in [0.717, 1.165) is 5.56 Å². The standard InChI is InChI=1S/C16H13ClN2O2/c1-11-6-7-19-15(8-11)18-12(9-16(19)20)10-21-14-5-3-2-4-13(14)17/h2-9H,10H2,1H3. The molecule has 0 radical (unpaired) electrons. The van der Waals surface area contributed by atoms with Gasteiger partial charge in [-0.2, -0.15) is 0 Å². The van der Waals surface area contributed by atoms with Gasteiger partial charge in [-0.05, 0) is 36.8 Å². The van der Waals surface area contributed by atoms with Crippen molar-refractivity contribution < 1.29 is 4.74 Å². The number of pyridine rings is 1. The molecule has 0 spiro atoms. The van der Waals surface area contributed by atoms with Gasteiger partial charge in [0.25, 0.3) is 5.56 Å². The van der Waals surface area contributed by atoms with Gasteiger partial charge in [0, 0.05) is 12.3 Å². The lowest BCUT2D eigenvalue weighted by atomic mass is 10.3. The van der Waals surface area contributed by atoms with E-state index >= 15 is 0 Å². The molecule has 2 aromatic heterocycles. The van der Waals surface area contributed by atoms with Crippen molar-refractivity contribution in [3.63, 3.8) is 0 Å². The van der Waals surface area contributed by atoms with Crippen molar-refractivity contribution >= 4 is 17.2 Å². The lowest BCUT2D eigenvalue weighted by Crippen LogP contribution is -2.16. The maximum Gasteiger partial charge on any atom is 0.258 e. The molecule has 106 valence electrons. The average Bonchev–Trinajstić information content (AvgIpc) is 2.46. The number of aryl methyl sites for hydroxylation is 1. The summed E-state index contributed by atoms with van der Waals surface area (Å²) in [6, 6.07) is 12.4. The van der Waals surface area contributed by atoms with Crippen LogP contribution in [0.1, 0.15) is 11.3 Å². The molecule has 0 amide bonds. The van der Waals surface area contributed by atoms with Crippen LogP contribution in [-0.4, -0.2) is 9.38 Å². The largest absolute Gasteiger partial charge is 0.486 e. The normalized spacial score (nSPS) is 10.8. The molecule has 0 atom stereocenters. The molecule has 4 nitrogen and oxygen atoms in total. The fourth-order valence-corrected chi connectivity index (χ4v) is 2.23. The molecule has 21 heavy (non-hydrogen) atoms. The molecule has 0 aliphatic rings. The summed E-state index contributed by atoms with van der Waals surface area (Å²) in [6.45, 7) is 2.16. The van der Waals surface area contributed by atoms with E-state index in [1.54, 1.807) is 18.3 Å². The number of hydrogen-bond donors (Lipinski definition) is 0. The first kappa shape index (κ1) is 13.6. The quantitative estimate of drug-likeness (QED) is 0.746. The number of ether oxygens (including phenoxy) is 1. The molecule has 0 aliphatic carbocycles. The number of fused-ring (bicyclic) bond motifs is 1. The van der Waals surface area contributed by atoms with Crippen molar-refractivity contribution in [1.29, 1.82) is 0 Å². The smallest absolute Gasteiger partial charge is 0.258 e. The summed E-state index contributed by atoms with van der Waals surface area (Å²) in [5.41, 5.74) is 2.11. The second-order valence-corrected chi connectivity index (χ2v) is 5.14. The highest BCUT2D eigenvalue weighted by Gasteiger charge is 2.05. The molecule has 0 fully saturated rings. The van der Waals surface area contributed by atoms with Crippen LogP contribution in [0, 0.1) is 6.92 Å². The molecular formula is C16H13ClN2O2. The summed E-state index contributed by atoms with van der Waals surface area (Å²) in [7, 11) is 0. The number of aromatic nitrogens is 2. The Kier molecular flexibility index (Phi) is 3.62. The van der Waals surface area contributed by atoms with E-state index in [1.807, 2.05) is 31.2 Å². The molecule has 1 aromatic carbocycles. The van der Waals surface area contributed by atoms with E-state index in [4.69, 9.17) is 16.3 Å². The van der Waals surface area contributed by atoms with Crippen LogP contribution < -0.4 is 10.3 Å². The van der Waals surface area contributed by atoms with Gasteiger partial charge in [-0.15, -0.1) is 0 Å². The van der Waals surface area contributed by atoms with Crippen molar-refractivity contribution in [1.82, 2.24) is 9.38 Å². The summed E-state index contributed by atoms with van der Waals surface area (Å²) in [4.78, 5) is 16.5. The second-order valence-electron chi connectivity index (χ2n) is 4.74. The monoisotopic (exact) mass is 300 g/mol.